The smallest absolute Gasteiger partial charge is 0.0491 e. The number of hydrogen-bond acceptors (Lipinski definition) is 0. The summed E-state index contributed by atoms with van der Waals surface area (Å²) >= 11 is 3.52. The zero-order chi connectivity index (χ0) is 11.0. The minimum atomic E-state index is 0.982. The van der Waals surface area contributed by atoms with Gasteiger partial charge in [-0.15, -0.1) is 0 Å². The van der Waals surface area contributed by atoms with Crippen molar-refractivity contribution in [2.45, 2.75) is 6.54 Å². The minimum absolute atomic E-state index is 0.982. The van der Waals surface area contributed by atoms with Crippen molar-refractivity contribution in [3.05, 3.63) is 48.5 Å². The third-order valence-corrected chi connectivity index (χ3v) is 3.34. The zero-order valence-electron chi connectivity index (χ0n) is 8.86. The Balaban J connectivity index is 2.49. The van der Waals surface area contributed by atoms with E-state index in [1.165, 1.54) is 21.8 Å². The molecule has 1 aromatic heterocycles. The van der Waals surface area contributed by atoms with E-state index in [2.05, 4.69) is 69.0 Å². The van der Waals surface area contributed by atoms with Crippen molar-refractivity contribution in [3.63, 3.8) is 0 Å². The Bertz CT molecular complexity index is 586. The Hall–Kier alpha value is -1.28. The van der Waals surface area contributed by atoms with Gasteiger partial charge >= 0.3 is 0 Å². The predicted octanol–water partition coefficient (Wildman–Crippen LogP) is 4.19. The van der Waals surface area contributed by atoms with Crippen LogP contribution in [0.1, 0.15) is 0 Å². The van der Waals surface area contributed by atoms with Crippen LogP contribution in [0.25, 0.3) is 21.8 Å². The van der Waals surface area contributed by atoms with Crippen molar-refractivity contribution in [2.75, 3.05) is 5.33 Å². The Kier molecular flexibility index (Phi) is 2.44. The zero-order valence-corrected chi connectivity index (χ0v) is 10.4. The van der Waals surface area contributed by atoms with Gasteiger partial charge in [0.25, 0.3) is 0 Å². The molecule has 0 N–H and O–H groups in total. The molecule has 0 radical (unpaired) electrons. The summed E-state index contributed by atoms with van der Waals surface area (Å²) in [6.07, 6.45) is 0. The maximum absolute atomic E-state index is 3.52. The van der Waals surface area contributed by atoms with Gasteiger partial charge in [-0.1, -0.05) is 52.3 Å². The van der Waals surface area contributed by atoms with Gasteiger partial charge in [-0.25, -0.2) is 0 Å². The van der Waals surface area contributed by atoms with Crippen LogP contribution in [0.2, 0.25) is 0 Å². The van der Waals surface area contributed by atoms with E-state index >= 15 is 0 Å². The van der Waals surface area contributed by atoms with Gasteiger partial charge in [0.15, 0.2) is 0 Å². The first kappa shape index (κ1) is 9.91. The SMILES string of the molecule is BrCCn1c2ccccc2c2ccccc21. The first-order valence-electron chi connectivity index (χ1n) is 5.44. The van der Waals surface area contributed by atoms with E-state index in [1.54, 1.807) is 0 Å². The lowest BCUT2D eigenvalue weighted by atomic mass is 10.2. The average molecular weight is 274 g/mol. The van der Waals surface area contributed by atoms with Gasteiger partial charge < -0.3 is 4.57 Å². The van der Waals surface area contributed by atoms with Gasteiger partial charge in [0.05, 0.1) is 0 Å². The van der Waals surface area contributed by atoms with Crippen molar-refractivity contribution >= 4 is 37.7 Å². The van der Waals surface area contributed by atoms with Crippen molar-refractivity contribution in [1.82, 2.24) is 4.57 Å². The van der Waals surface area contributed by atoms with Crippen molar-refractivity contribution in [2.24, 2.45) is 0 Å². The summed E-state index contributed by atoms with van der Waals surface area (Å²) in [6.45, 7) is 1.01. The minimum Gasteiger partial charge on any atom is -0.340 e. The first-order chi connectivity index (χ1) is 7.92. The van der Waals surface area contributed by atoms with Crippen LogP contribution in [0.4, 0.5) is 0 Å². The highest BCUT2D eigenvalue weighted by molar-refractivity contribution is 9.09. The first-order valence-corrected chi connectivity index (χ1v) is 6.56. The number of fused-ring (bicyclic) bond motifs is 3. The summed E-state index contributed by atoms with van der Waals surface area (Å²) in [6, 6.07) is 17.2. The normalized spacial score (nSPS) is 11.3. The van der Waals surface area contributed by atoms with E-state index in [-0.39, 0.29) is 0 Å². The number of halogens is 1. The number of alkyl halides is 1. The fraction of sp³-hybridized carbons (Fsp3) is 0.143. The van der Waals surface area contributed by atoms with E-state index in [0.717, 1.165) is 11.9 Å². The second kappa shape index (κ2) is 3.95. The lowest BCUT2D eigenvalue weighted by molar-refractivity contribution is 0.843. The molecule has 0 saturated carbocycles. The summed E-state index contributed by atoms with van der Waals surface area (Å²) in [5, 5.41) is 3.67. The summed E-state index contributed by atoms with van der Waals surface area (Å²) in [7, 11) is 0. The molecule has 2 heteroatoms. The Morgan fingerprint density at radius 1 is 0.812 bits per heavy atom. The molecule has 0 fully saturated rings. The molecule has 0 atom stereocenters. The highest BCUT2D eigenvalue weighted by atomic mass is 79.9. The number of aryl methyl sites for hydroxylation is 1. The molecule has 3 aromatic rings. The van der Waals surface area contributed by atoms with Gasteiger partial charge in [-0.05, 0) is 12.1 Å². The average Bonchev–Trinajstić information content (AvgIpc) is 2.66. The quantitative estimate of drug-likeness (QED) is 0.617. The van der Waals surface area contributed by atoms with Crippen molar-refractivity contribution < 1.29 is 0 Å². The second-order valence-corrected chi connectivity index (χ2v) is 4.67. The maximum atomic E-state index is 3.52. The molecule has 0 aliphatic heterocycles. The van der Waals surface area contributed by atoms with Crippen LogP contribution in [0.3, 0.4) is 0 Å². The highest BCUT2D eigenvalue weighted by Gasteiger charge is 2.07. The molecule has 16 heavy (non-hydrogen) atoms. The standard InChI is InChI=1S/C14H12BrN/c15-9-10-16-13-7-3-1-5-11(13)12-6-2-4-8-14(12)16/h1-8H,9-10H2. The molecule has 3 rings (SSSR count). The Labute approximate surface area is 103 Å². The van der Waals surface area contributed by atoms with E-state index in [1.807, 2.05) is 0 Å². The van der Waals surface area contributed by atoms with Crippen LogP contribution in [0.5, 0.6) is 0 Å². The topological polar surface area (TPSA) is 4.93 Å². The molecule has 0 unspecified atom stereocenters. The lowest BCUT2D eigenvalue weighted by Gasteiger charge is -2.03. The maximum Gasteiger partial charge on any atom is 0.0491 e. The second-order valence-electron chi connectivity index (χ2n) is 3.87. The van der Waals surface area contributed by atoms with Crippen LogP contribution in [-0.4, -0.2) is 9.90 Å². The third-order valence-electron chi connectivity index (χ3n) is 2.99. The van der Waals surface area contributed by atoms with E-state index in [4.69, 9.17) is 0 Å². The van der Waals surface area contributed by atoms with Gasteiger partial charge in [-0.3, -0.25) is 0 Å². The molecule has 0 saturated heterocycles. The van der Waals surface area contributed by atoms with E-state index < -0.39 is 0 Å². The molecular formula is C14H12BrN. The van der Waals surface area contributed by atoms with Gasteiger partial charge in [0.2, 0.25) is 0 Å². The highest BCUT2D eigenvalue weighted by Crippen LogP contribution is 2.28. The lowest BCUT2D eigenvalue weighted by Crippen LogP contribution is -1.97. The van der Waals surface area contributed by atoms with Crippen molar-refractivity contribution in [3.8, 4) is 0 Å². The number of hydrogen-bond donors (Lipinski definition) is 0. The van der Waals surface area contributed by atoms with Crippen LogP contribution >= 0.6 is 15.9 Å². The molecule has 0 spiro atoms. The van der Waals surface area contributed by atoms with Crippen molar-refractivity contribution in [1.29, 1.82) is 0 Å². The van der Waals surface area contributed by atoms with E-state index in [9.17, 15) is 0 Å². The predicted molar refractivity (Wildman–Crippen MR) is 73.2 cm³/mol. The molecule has 0 bridgehead atoms. The number of rotatable bonds is 2. The molecule has 0 aliphatic rings. The summed E-state index contributed by atoms with van der Waals surface area (Å²) in [5.74, 6) is 0. The van der Waals surface area contributed by atoms with Crippen LogP contribution in [0, 0.1) is 0 Å². The Morgan fingerprint density at radius 2 is 1.31 bits per heavy atom. The largest absolute Gasteiger partial charge is 0.340 e. The van der Waals surface area contributed by atoms with Crippen LogP contribution in [0.15, 0.2) is 48.5 Å². The Morgan fingerprint density at radius 3 is 1.81 bits per heavy atom. The molecule has 0 amide bonds. The summed E-state index contributed by atoms with van der Waals surface area (Å²) in [4.78, 5) is 0. The van der Waals surface area contributed by atoms with Crippen LogP contribution in [-0.2, 0) is 6.54 Å². The molecule has 1 heterocycles. The summed E-state index contributed by atoms with van der Waals surface area (Å²) < 4.78 is 2.37. The number of aromatic nitrogens is 1. The third kappa shape index (κ3) is 1.37. The molecule has 1 nitrogen and oxygen atoms in total. The fourth-order valence-electron chi connectivity index (χ4n) is 2.33. The molecule has 0 aliphatic carbocycles. The monoisotopic (exact) mass is 273 g/mol. The van der Waals surface area contributed by atoms with Gasteiger partial charge in [0, 0.05) is 33.7 Å². The fourth-order valence-corrected chi connectivity index (χ4v) is 2.68. The van der Waals surface area contributed by atoms with Crippen LogP contribution < -0.4 is 0 Å². The number of benzene rings is 2. The van der Waals surface area contributed by atoms with Gasteiger partial charge in [0.1, 0.15) is 0 Å². The summed E-state index contributed by atoms with van der Waals surface area (Å²) in [5.41, 5.74) is 2.64. The molecule has 2 aromatic carbocycles. The number of para-hydroxylation sites is 2. The van der Waals surface area contributed by atoms with E-state index in [0.29, 0.717) is 0 Å². The molecule has 80 valence electrons. The van der Waals surface area contributed by atoms with Gasteiger partial charge in [-0.2, -0.15) is 0 Å². The number of nitrogens with zero attached hydrogens (tertiary/aromatic N) is 1. The molecular weight excluding hydrogens is 262 g/mol.